The minimum Gasteiger partial charge on any atom is -0.386 e. The lowest BCUT2D eigenvalue weighted by molar-refractivity contribution is 0.486. The van der Waals surface area contributed by atoms with Gasteiger partial charge in [-0.05, 0) is 0 Å². The highest BCUT2D eigenvalue weighted by molar-refractivity contribution is 6.06. The number of furan rings is 2. The number of hydrogen-bond acceptors (Lipinski definition) is 6. The lowest BCUT2D eigenvalue weighted by Gasteiger charge is -1.93. The van der Waals surface area contributed by atoms with Crippen LogP contribution in [0, 0.1) is 11.6 Å². The molecule has 0 saturated carbocycles. The second kappa shape index (κ2) is 2.97. The Morgan fingerprint density at radius 3 is 1.17 bits per heavy atom. The van der Waals surface area contributed by atoms with Gasteiger partial charge in [-0.3, -0.25) is 0 Å². The normalized spacial score (nSPS) is 11.7. The van der Waals surface area contributed by atoms with Crippen molar-refractivity contribution in [2.45, 2.75) is 0 Å². The molecule has 0 unspecified atom stereocenters. The summed E-state index contributed by atoms with van der Waals surface area (Å²) in [6.45, 7) is 0. The third kappa shape index (κ3) is 0.992. The minimum atomic E-state index is -1.72. The van der Waals surface area contributed by atoms with Crippen molar-refractivity contribution in [1.29, 1.82) is 0 Å². The van der Waals surface area contributed by atoms with Crippen LogP contribution in [0.4, 0.5) is 8.78 Å². The van der Waals surface area contributed by atoms with Gasteiger partial charge < -0.3 is 8.83 Å². The second-order valence-electron chi connectivity index (χ2n) is 3.48. The molecule has 3 rings (SSSR count). The topological polar surface area (TPSA) is 94.6 Å². The Hall–Kier alpha value is -2.64. The molecule has 0 aliphatic carbocycles. The van der Waals surface area contributed by atoms with Gasteiger partial charge in [0.1, 0.15) is 10.8 Å². The van der Waals surface area contributed by atoms with Crippen LogP contribution in [0.25, 0.3) is 21.5 Å². The molecule has 1 aromatic carbocycles. The summed E-state index contributed by atoms with van der Waals surface area (Å²) < 4.78 is 35.2. The van der Waals surface area contributed by atoms with Gasteiger partial charge in [-0.1, -0.05) is 0 Å². The summed E-state index contributed by atoms with van der Waals surface area (Å²) in [7, 11) is 0. The third-order valence-electron chi connectivity index (χ3n) is 2.57. The van der Waals surface area contributed by atoms with Crippen LogP contribution in [0.5, 0.6) is 0 Å². The van der Waals surface area contributed by atoms with Gasteiger partial charge >= 0.3 is 22.5 Å². The van der Waals surface area contributed by atoms with Crippen LogP contribution in [0.3, 0.4) is 0 Å². The van der Waals surface area contributed by atoms with Crippen molar-refractivity contribution in [3.63, 3.8) is 0 Å². The minimum absolute atomic E-state index is 0.773. The molecule has 6 nitrogen and oxygen atoms in total. The lowest BCUT2D eigenvalue weighted by Crippen LogP contribution is -2.02. The van der Waals surface area contributed by atoms with Gasteiger partial charge in [0.05, 0.1) is 10.8 Å². The molecule has 0 aliphatic heterocycles. The molecule has 0 aliphatic rings. The predicted octanol–water partition coefficient (Wildman–Crippen LogP) is -0.226. The monoisotopic (exact) mass is 254 g/mol. The number of halogens is 2. The smallest absolute Gasteiger partial charge is 0.350 e. The van der Waals surface area contributed by atoms with E-state index in [0.29, 0.717) is 0 Å². The van der Waals surface area contributed by atoms with E-state index in [1.54, 1.807) is 0 Å². The molecular formula is C10F2O6. The first-order valence-corrected chi connectivity index (χ1v) is 4.51. The van der Waals surface area contributed by atoms with E-state index in [0.717, 1.165) is 0 Å². The van der Waals surface area contributed by atoms with Gasteiger partial charge in [-0.25, -0.2) is 28.0 Å². The Labute approximate surface area is 93.4 Å². The molecule has 0 N–H and O–H groups in total. The zero-order valence-electron chi connectivity index (χ0n) is 8.21. The summed E-state index contributed by atoms with van der Waals surface area (Å²) in [6, 6.07) is 0. The summed E-state index contributed by atoms with van der Waals surface area (Å²) >= 11 is 0. The fourth-order valence-corrected chi connectivity index (χ4v) is 1.85. The fourth-order valence-electron chi connectivity index (χ4n) is 1.85. The van der Waals surface area contributed by atoms with E-state index in [4.69, 9.17) is 0 Å². The molecule has 0 amide bonds. The molecule has 2 heterocycles. The van der Waals surface area contributed by atoms with E-state index < -0.39 is 55.7 Å². The molecule has 8 heteroatoms. The SMILES string of the molecule is O=c1oc(=O)c2c1c(F)c(F)c1c(=O)oc(=O)c12. The molecule has 0 atom stereocenters. The van der Waals surface area contributed by atoms with Crippen molar-refractivity contribution in [3.05, 3.63) is 53.3 Å². The van der Waals surface area contributed by atoms with Crippen molar-refractivity contribution in [3.8, 4) is 0 Å². The zero-order valence-corrected chi connectivity index (χ0v) is 8.21. The Balaban J connectivity index is 2.98. The summed E-state index contributed by atoms with van der Waals surface area (Å²) in [6.07, 6.45) is 0. The Kier molecular flexibility index (Phi) is 1.74. The predicted molar refractivity (Wildman–Crippen MR) is 53.4 cm³/mol. The average Bonchev–Trinajstić information content (AvgIpc) is 2.73. The van der Waals surface area contributed by atoms with E-state index in [2.05, 4.69) is 8.83 Å². The average molecular weight is 254 g/mol. The highest BCUT2D eigenvalue weighted by Crippen LogP contribution is 2.23. The maximum atomic E-state index is 13.5. The van der Waals surface area contributed by atoms with Crippen molar-refractivity contribution < 1.29 is 17.6 Å². The van der Waals surface area contributed by atoms with Crippen LogP contribution in [0.1, 0.15) is 0 Å². The van der Waals surface area contributed by atoms with Crippen LogP contribution in [-0.4, -0.2) is 0 Å². The van der Waals surface area contributed by atoms with Crippen LogP contribution < -0.4 is 22.5 Å². The van der Waals surface area contributed by atoms with Crippen LogP contribution in [0.2, 0.25) is 0 Å². The molecule has 18 heavy (non-hydrogen) atoms. The lowest BCUT2D eigenvalue weighted by atomic mass is 10.1. The molecule has 0 fully saturated rings. The first-order chi connectivity index (χ1) is 8.43. The van der Waals surface area contributed by atoms with Crippen LogP contribution in [-0.2, 0) is 0 Å². The molecular weight excluding hydrogens is 254 g/mol. The van der Waals surface area contributed by atoms with Gasteiger partial charge in [0.15, 0.2) is 11.6 Å². The van der Waals surface area contributed by atoms with Crippen molar-refractivity contribution in [1.82, 2.24) is 0 Å². The van der Waals surface area contributed by atoms with Gasteiger partial charge in [0, 0.05) is 0 Å². The Morgan fingerprint density at radius 2 is 0.833 bits per heavy atom. The van der Waals surface area contributed by atoms with E-state index >= 15 is 0 Å². The highest BCUT2D eigenvalue weighted by atomic mass is 19.2. The van der Waals surface area contributed by atoms with Gasteiger partial charge in [-0.2, -0.15) is 0 Å². The third-order valence-corrected chi connectivity index (χ3v) is 2.57. The van der Waals surface area contributed by atoms with Crippen LogP contribution >= 0.6 is 0 Å². The van der Waals surface area contributed by atoms with E-state index in [1.807, 2.05) is 0 Å². The molecule has 0 radical (unpaired) electrons. The molecule has 0 spiro atoms. The Bertz CT molecular complexity index is 932. The summed E-state index contributed by atoms with van der Waals surface area (Å²) in [5.74, 6) is -3.43. The first-order valence-electron chi connectivity index (χ1n) is 4.51. The highest BCUT2D eigenvalue weighted by Gasteiger charge is 2.27. The largest absolute Gasteiger partial charge is 0.386 e. The van der Waals surface area contributed by atoms with Crippen molar-refractivity contribution >= 4 is 21.5 Å². The van der Waals surface area contributed by atoms with Gasteiger partial charge in [0.2, 0.25) is 0 Å². The number of hydrogen-bond donors (Lipinski definition) is 0. The number of benzene rings is 1. The second-order valence-corrected chi connectivity index (χ2v) is 3.48. The van der Waals surface area contributed by atoms with Gasteiger partial charge in [0.25, 0.3) is 0 Å². The van der Waals surface area contributed by atoms with Crippen molar-refractivity contribution in [2.24, 2.45) is 0 Å². The van der Waals surface area contributed by atoms with E-state index in [9.17, 15) is 28.0 Å². The van der Waals surface area contributed by atoms with E-state index in [1.165, 1.54) is 0 Å². The summed E-state index contributed by atoms with van der Waals surface area (Å²) in [4.78, 5) is 44.9. The molecule has 2 aromatic heterocycles. The molecule has 3 aromatic rings. The maximum Gasteiger partial charge on any atom is 0.350 e. The summed E-state index contributed by atoms with van der Waals surface area (Å²) in [5.41, 5.74) is -5.48. The van der Waals surface area contributed by atoms with Crippen LogP contribution in [0.15, 0.2) is 28.0 Å². The maximum absolute atomic E-state index is 13.5. The standard InChI is InChI=1S/C10F2O6/c11-5-3-1(7(13)17-9(3)15)2-4(6(5)12)10(16)18-8(2)14. The van der Waals surface area contributed by atoms with Gasteiger partial charge in [-0.15, -0.1) is 0 Å². The van der Waals surface area contributed by atoms with E-state index in [-0.39, 0.29) is 0 Å². The molecule has 0 saturated heterocycles. The number of fused-ring (bicyclic) bond motifs is 3. The van der Waals surface area contributed by atoms with Crippen molar-refractivity contribution in [2.75, 3.05) is 0 Å². The number of rotatable bonds is 0. The Morgan fingerprint density at radius 1 is 0.556 bits per heavy atom. The fraction of sp³-hybridized carbons (Fsp3) is 0. The first kappa shape index (κ1) is 10.5. The quantitative estimate of drug-likeness (QED) is 0.550. The zero-order chi connectivity index (χ0) is 13.2. The molecule has 0 bridgehead atoms. The summed E-state index contributed by atoms with van der Waals surface area (Å²) in [5, 5.41) is -3.54. The molecule has 90 valence electrons.